The molecule has 0 N–H and O–H groups in total. The van der Waals surface area contributed by atoms with Crippen LogP contribution in [0.15, 0.2) is 58.3 Å². The molecule has 6 nitrogen and oxygen atoms in total. The number of thioether (sulfide) groups is 1. The Balaban J connectivity index is 1.58. The maximum Gasteiger partial charge on any atom is 0.346 e. The number of allylic oxidation sites excluding steroid dienone is 8. The second-order valence-corrected chi connectivity index (χ2v) is 9.80. The molecule has 1 aromatic rings. The molecule has 0 radical (unpaired) electrons. The molecule has 1 aromatic heterocycles. The maximum absolute atomic E-state index is 13.5. The molecule has 1 saturated heterocycles. The van der Waals surface area contributed by atoms with Gasteiger partial charge in [-0.05, 0) is 50.5 Å². The molecule has 2 heterocycles. The van der Waals surface area contributed by atoms with Crippen molar-refractivity contribution in [3.8, 4) is 5.88 Å². The van der Waals surface area contributed by atoms with Crippen molar-refractivity contribution in [1.29, 1.82) is 0 Å². The molecule has 1 spiro atoms. The zero-order chi connectivity index (χ0) is 21.4. The van der Waals surface area contributed by atoms with Crippen molar-refractivity contribution in [2.75, 3.05) is 0 Å². The van der Waals surface area contributed by atoms with E-state index in [1.54, 1.807) is 9.36 Å². The van der Waals surface area contributed by atoms with E-state index in [0.29, 0.717) is 17.7 Å². The molecule has 5 rings (SSSR count). The number of ether oxygens (including phenoxy) is 1. The van der Waals surface area contributed by atoms with Gasteiger partial charge < -0.3 is 9.84 Å². The first kappa shape index (κ1) is 20.2. The molecule has 2 fully saturated rings. The van der Waals surface area contributed by atoms with Gasteiger partial charge >= 0.3 is 5.97 Å². The van der Waals surface area contributed by atoms with E-state index < -0.39 is 10.9 Å². The smallest absolute Gasteiger partial charge is 0.346 e. The minimum atomic E-state index is -0.528. The van der Waals surface area contributed by atoms with E-state index >= 15 is 0 Å². The van der Waals surface area contributed by atoms with Gasteiger partial charge in [-0.2, -0.15) is 0 Å². The molecule has 4 aliphatic rings. The monoisotopic (exact) mass is 437 g/mol. The summed E-state index contributed by atoms with van der Waals surface area (Å²) in [6.07, 6.45) is 23.1. The summed E-state index contributed by atoms with van der Waals surface area (Å²) >= 11 is 1.38. The second kappa shape index (κ2) is 8.11. The zero-order valence-electron chi connectivity index (χ0n) is 17.2. The number of carbonyl (C=O) groups is 1. The molecule has 1 saturated carbocycles. The van der Waals surface area contributed by atoms with Crippen LogP contribution in [0.25, 0.3) is 6.08 Å². The van der Waals surface area contributed by atoms with Crippen molar-refractivity contribution in [3.63, 3.8) is 0 Å². The summed E-state index contributed by atoms with van der Waals surface area (Å²) in [6, 6.07) is -0.464. The first-order valence-corrected chi connectivity index (χ1v) is 11.7. The lowest BCUT2D eigenvalue weighted by Crippen LogP contribution is -2.30. The molecule has 162 valence electrons. The van der Waals surface area contributed by atoms with Gasteiger partial charge in [0.15, 0.2) is 4.93 Å². The third kappa shape index (κ3) is 3.65. The summed E-state index contributed by atoms with van der Waals surface area (Å²) in [5, 5.41) is 13.5. The van der Waals surface area contributed by atoms with Crippen molar-refractivity contribution < 1.29 is 14.6 Å². The number of aromatic nitrogens is 2. The summed E-state index contributed by atoms with van der Waals surface area (Å²) < 4.78 is 8.84. The van der Waals surface area contributed by atoms with E-state index in [2.05, 4.69) is 0 Å². The van der Waals surface area contributed by atoms with Gasteiger partial charge in [-0.25, -0.2) is 9.48 Å². The summed E-state index contributed by atoms with van der Waals surface area (Å²) in [5.41, 5.74) is -0.318. The number of rotatable bonds is 3. The molecular formula is C24H25N2O4S-. The maximum atomic E-state index is 13.5. The van der Waals surface area contributed by atoms with Gasteiger partial charge in [0.1, 0.15) is 0 Å². The highest BCUT2D eigenvalue weighted by Crippen LogP contribution is 2.50. The summed E-state index contributed by atoms with van der Waals surface area (Å²) in [5.74, 6) is -0.783. The average molecular weight is 438 g/mol. The fourth-order valence-corrected chi connectivity index (χ4v) is 6.08. The Morgan fingerprint density at radius 3 is 2.23 bits per heavy atom. The predicted molar refractivity (Wildman–Crippen MR) is 119 cm³/mol. The largest absolute Gasteiger partial charge is 0.858 e. The minimum Gasteiger partial charge on any atom is -0.858 e. The van der Waals surface area contributed by atoms with Crippen LogP contribution in [0.5, 0.6) is 5.88 Å². The number of hydrogen-bond acceptors (Lipinski definition) is 5. The van der Waals surface area contributed by atoms with Gasteiger partial charge in [-0.3, -0.25) is 9.48 Å². The van der Waals surface area contributed by atoms with Crippen LogP contribution in [0.3, 0.4) is 0 Å². The van der Waals surface area contributed by atoms with Crippen molar-refractivity contribution in [3.05, 3.63) is 69.4 Å². The van der Waals surface area contributed by atoms with Crippen molar-refractivity contribution >= 4 is 23.8 Å². The number of hydrogen-bond donors (Lipinski definition) is 0. The highest BCUT2D eigenvalue weighted by Gasteiger charge is 2.45. The first-order valence-electron chi connectivity index (χ1n) is 10.9. The molecule has 2 unspecified atom stereocenters. The lowest BCUT2D eigenvalue weighted by Gasteiger charge is -2.29. The van der Waals surface area contributed by atoms with Gasteiger partial charge in [-0.1, -0.05) is 66.8 Å². The fourth-order valence-electron chi connectivity index (χ4n) is 4.77. The van der Waals surface area contributed by atoms with Gasteiger partial charge in [-0.15, -0.1) is 0 Å². The van der Waals surface area contributed by atoms with Crippen molar-refractivity contribution in [2.24, 2.45) is 0 Å². The lowest BCUT2D eigenvalue weighted by molar-refractivity contribution is -0.281. The van der Waals surface area contributed by atoms with E-state index in [0.717, 1.165) is 32.1 Å². The number of carbonyl (C=O) groups excluding carboxylic acids is 1. The number of esters is 1. The molecule has 0 bridgehead atoms. The van der Waals surface area contributed by atoms with Gasteiger partial charge in [0.25, 0.3) is 5.56 Å². The molecule has 1 aliphatic heterocycles. The van der Waals surface area contributed by atoms with Crippen LogP contribution >= 0.6 is 11.8 Å². The topological polar surface area (TPSA) is 76.3 Å². The van der Waals surface area contributed by atoms with Gasteiger partial charge in [0, 0.05) is 0 Å². The lowest BCUT2D eigenvalue weighted by atomic mass is 9.97. The van der Waals surface area contributed by atoms with Crippen LogP contribution in [-0.4, -0.2) is 20.3 Å². The Bertz CT molecular complexity index is 1100. The van der Waals surface area contributed by atoms with E-state index in [9.17, 15) is 14.7 Å². The highest BCUT2D eigenvalue weighted by molar-refractivity contribution is 8.05. The van der Waals surface area contributed by atoms with Crippen LogP contribution < -0.4 is 10.7 Å². The Kier molecular flexibility index (Phi) is 5.30. The van der Waals surface area contributed by atoms with Crippen LogP contribution in [0.4, 0.5) is 0 Å². The predicted octanol–water partition coefficient (Wildman–Crippen LogP) is 4.13. The normalized spacial score (nSPS) is 28.0. The Morgan fingerprint density at radius 1 is 0.968 bits per heavy atom. The Labute approximate surface area is 185 Å². The molecule has 2 atom stereocenters. The van der Waals surface area contributed by atoms with E-state index in [1.165, 1.54) is 17.8 Å². The minimum absolute atomic E-state index is 0.0400. The second-order valence-electron chi connectivity index (χ2n) is 8.42. The highest BCUT2D eigenvalue weighted by atomic mass is 32.2. The van der Waals surface area contributed by atoms with Crippen LogP contribution in [0, 0.1) is 0 Å². The summed E-state index contributed by atoms with van der Waals surface area (Å²) in [7, 11) is 0. The van der Waals surface area contributed by atoms with E-state index in [4.69, 9.17) is 4.74 Å². The van der Waals surface area contributed by atoms with E-state index in [-0.39, 0.29) is 29.1 Å². The van der Waals surface area contributed by atoms with Crippen LogP contribution in [0.1, 0.15) is 62.6 Å². The third-order valence-corrected chi connectivity index (χ3v) is 7.69. The van der Waals surface area contributed by atoms with Crippen LogP contribution in [-0.2, 0) is 9.53 Å². The quantitative estimate of drug-likeness (QED) is 0.525. The summed E-state index contributed by atoms with van der Waals surface area (Å²) in [6.45, 7) is 0. The molecule has 0 aromatic carbocycles. The molecule has 3 aliphatic carbocycles. The van der Waals surface area contributed by atoms with Crippen LogP contribution in [0.2, 0.25) is 0 Å². The number of nitrogens with zero attached hydrogens (tertiary/aromatic N) is 2. The SMILES string of the molecule is O=C1OC2(CCCCC2)SC1=Cc1c([O-])n(C2C=CC=CC2)n(C2C=CC=CC2)c1=O. The fraction of sp³-hybridized carbons (Fsp3) is 0.417. The molecule has 31 heavy (non-hydrogen) atoms. The summed E-state index contributed by atoms with van der Waals surface area (Å²) in [4.78, 5) is 25.9. The first-order chi connectivity index (χ1) is 15.1. The molecule has 7 heteroatoms. The zero-order valence-corrected chi connectivity index (χ0v) is 18.1. The Hall–Kier alpha value is -2.67. The van der Waals surface area contributed by atoms with Crippen molar-refractivity contribution in [1.82, 2.24) is 9.36 Å². The third-order valence-electron chi connectivity index (χ3n) is 6.32. The molecular weight excluding hydrogens is 412 g/mol. The average Bonchev–Trinajstić information content (AvgIpc) is 3.23. The van der Waals surface area contributed by atoms with Gasteiger partial charge in [0.05, 0.1) is 22.6 Å². The van der Waals surface area contributed by atoms with Crippen molar-refractivity contribution in [2.45, 2.75) is 62.0 Å². The standard InChI is InChI=1S/C24H26N2O4S/c27-21-19(16-20-23(29)30-24(31-20)14-8-3-9-15-24)22(28)26(18-12-6-2-7-13-18)25(21)17-10-4-1-5-11-17/h1-2,4-7,10,12,16-18,27H,3,8-9,11,13-15H2/p-1. The molecule has 0 amide bonds. The van der Waals surface area contributed by atoms with E-state index in [1.807, 2.05) is 48.6 Å². The van der Waals surface area contributed by atoms with Gasteiger partial charge in [0.2, 0.25) is 0 Å². The Morgan fingerprint density at radius 2 is 1.61 bits per heavy atom.